The van der Waals surface area contributed by atoms with E-state index >= 15 is 0 Å². The van der Waals surface area contributed by atoms with E-state index in [4.69, 9.17) is 5.26 Å². The number of H-pyrrole nitrogens is 1. The SMILES string of the molecule is N#Cc1cccc(Cn2cc(NC(=O)c3n[nH]c4ccc(NC5CCNC5)cc34)cn2)c1. The van der Waals surface area contributed by atoms with E-state index in [2.05, 4.69) is 37.3 Å². The number of nitriles is 1. The van der Waals surface area contributed by atoms with Gasteiger partial charge in [0.15, 0.2) is 5.69 Å². The fourth-order valence-corrected chi connectivity index (χ4v) is 3.92. The van der Waals surface area contributed by atoms with Gasteiger partial charge in [0.25, 0.3) is 5.91 Å². The number of amides is 1. The number of carbonyl (C=O) groups is 1. The van der Waals surface area contributed by atoms with Crippen LogP contribution in [-0.4, -0.2) is 45.0 Å². The third-order valence-corrected chi connectivity index (χ3v) is 5.50. The van der Waals surface area contributed by atoms with Crippen LogP contribution in [0.3, 0.4) is 0 Å². The molecule has 5 rings (SSSR count). The third-order valence-electron chi connectivity index (χ3n) is 5.50. The quantitative estimate of drug-likeness (QED) is 0.376. The van der Waals surface area contributed by atoms with E-state index in [1.807, 2.05) is 36.4 Å². The highest BCUT2D eigenvalue weighted by Gasteiger charge is 2.18. The molecule has 0 saturated carbocycles. The number of benzene rings is 2. The van der Waals surface area contributed by atoms with Crippen molar-refractivity contribution in [2.24, 2.45) is 0 Å². The predicted molar refractivity (Wildman–Crippen MR) is 121 cm³/mol. The molecule has 2 aromatic heterocycles. The molecule has 9 heteroatoms. The Morgan fingerprint density at radius 2 is 2.19 bits per heavy atom. The van der Waals surface area contributed by atoms with Crippen LogP contribution in [-0.2, 0) is 6.54 Å². The summed E-state index contributed by atoms with van der Waals surface area (Å²) >= 11 is 0. The van der Waals surface area contributed by atoms with E-state index in [-0.39, 0.29) is 5.91 Å². The molecule has 160 valence electrons. The number of fused-ring (bicyclic) bond motifs is 1. The number of hydrogen-bond donors (Lipinski definition) is 4. The molecule has 1 atom stereocenters. The van der Waals surface area contributed by atoms with Crippen molar-refractivity contribution in [1.29, 1.82) is 5.26 Å². The fourth-order valence-electron chi connectivity index (χ4n) is 3.92. The molecule has 1 aliphatic heterocycles. The summed E-state index contributed by atoms with van der Waals surface area (Å²) < 4.78 is 1.71. The van der Waals surface area contributed by atoms with E-state index in [1.165, 1.54) is 0 Å². The maximum absolute atomic E-state index is 12.9. The Bertz CT molecular complexity index is 1310. The molecule has 4 aromatic rings. The lowest BCUT2D eigenvalue weighted by Crippen LogP contribution is -2.22. The molecule has 32 heavy (non-hydrogen) atoms. The summed E-state index contributed by atoms with van der Waals surface area (Å²) in [5, 5.41) is 31.0. The molecular weight excluding hydrogens is 404 g/mol. The minimum atomic E-state index is -0.304. The molecule has 3 heterocycles. The van der Waals surface area contributed by atoms with Crippen LogP contribution in [0.1, 0.15) is 28.0 Å². The lowest BCUT2D eigenvalue weighted by atomic mass is 10.1. The minimum absolute atomic E-state index is 0.304. The van der Waals surface area contributed by atoms with Gasteiger partial charge in [0, 0.05) is 29.9 Å². The molecule has 2 aromatic carbocycles. The van der Waals surface area contributed by atoms with Gasteiger partial charge in [0.05, 0.1) is 35.6 Å². The molecule has 0 spiro atoms. The van der Waals surface area contributed by atoms with E-state index in [0.29, 0.717) is 29.5 Å². The van der Waals surface area contributed by atoms with Crippen molar-refractivity contribution in [2.75, 3.05) is 23.7 Å². The molecule has 0 radical (unpaired) electrons. The van der Waals surface area contributed by atoms with Crippen molar-refractivity contribution >= 4 is 28.2 Å². The number of aromatic nitrogens is 4. The highest BCUT2D eigenvalue weighted by molar-refractivity contribution is 6.11. The zero-order valence-corrected chi connectivity index (χ0v) is 17.3. The van der Waals surface area contributed by atoms with Gasteiger partial charge in [-0.3, -0.25) is 14.6 Å². The second kappa shape index (κ2) is 8.53. The Hall–Kier alpha value is -4.16. The smallest absolute Gasteiger partial charge is 0.276 e. The maximum atomic E-state index is 12.9. The summed E-state index contributed by atoms with van der Waals surface area (Å²) in [7, 11) is 0. The molecule has 9 nitrogen and oxygen atoms in total. The molecule has 1 aliphatic rings. The number of hydrogen-bond acceptors (Lipinski definition) is 6. The summed E-state index contributed by atoms with van der Waals surface area (Å²) in [6.45, 7) is 2.44. The molecular formula is C23H22N8O. The number of nitrogens with zero attached hydrogens (tertiary/aromatic N) is 4. The van der Waals surface area contributed by atoms with Crippen LogP contribution in [0.15, 0.2) is 54.9 Å². The average Bonchev–Trinajstić information content (AvgIpc) is 3.55. The van der Waals surface area contributed by atoms with Crippen LogP contribution < -0.4 is 16.0 Å². The fraction of sp³-hybridized carbons (Fsp3) is 0.217. The van der Waals surface area contributed by atoms with Crippen LogP contribution in [0, 0.1) is 11.3 Å². The molecule has 0 bridgehead atoms. The Kier molecular flexibility index (Phi) is 5.27. The summed E-state index contributed by atoms with van der Waals surface area (Å²) in [6.07, 6.45) is 4.43. The molecule has 1 unspecified atom stereocenters. The van der Waals surface area contributed by atoms with Crippen molar-refractivity contribution in [3.63, 3.8) is 0 Å². The van der Waals surface area contributed by atoms with Gasteiger partial charge in [-0.1, -0.05) is 12.1 Å². The number of nitrogens with one attached hydrogen (secondary N) is 4. The Morgan fingerprint density at radius 1 is 1.25 bits per heavy atom. The first-order valence-corrected chi connectivity index (χ1v) is 10.5. The molecule has 1 fully saturated rings. The number of carbonyl (C=O) groups excluding carboxylic acids is 1. The van der Waals surface area contributed by atoms with Gasteiger partial charge in [-0.25, -0.2) is 0 Å². The van der Waals surface area contributed by atoms with E-state index in [1.54, 1.807) is 23.1 Å². The maximum Gasteiger partial charge on any atom is 0.276 e. The standard InChI is InChI=1S/C23H22N8O/c24-10-15-2-1-3-16(8-15)13-31-14-19(12-26-31)28-23(32)22-20-9-17(4-5-21(20)29-30-22)27-18-6-7-25-11-18/h1-5,8-9,12,14,18,25,27H,6-7,11,13H2,(H,28,32)(H,29,30). The summed E-state index contributed by atoms with van der Waals surface area (Å²) in [5.74, 6) is -0.304. The van der Waals surface area contributed by atoms with E-state index in [0.717, 1.165) is 41.7 Å². The first-order valence-electron chi connectivity index (χ1n) is 10.5. The first-order chi connectivity index (χ1) is 15.7. The van der Waals surface area contributed by atoms with Gasteiger partial charge in [0.1, 0.15) is 0 Å². The van der Waals surface area contributed by atoms with Crippen LogP contribution >= 0.6 is 0 Å². The summed E-state index contributed by atoms with van der Waals surface area (Å²) in [5.41, 5.74) is 4.25. The van der Waals surface area contributed by atoms with Crippen LogP contribution in [0.2, 0.25) is 0 Å². The number of anilines is 2. The van der Waals surface area contributed by atoms with Crippen molar-refractivity contribution in [3.8, 4) is 6.07 Å². The van der Waals surface area contributed by atoms with Gasteiger partial charge in [-0.15, -0.1) is 0 Å². The molecule has 1 amide bonds. The zero-order chi connectivity index (χ0) is 21.9. The lowest BCUT2D eigenvalue weighted by Gasteiger charge is -2.12. The summed E-state index contributed by atoms with van der Waals surface area (Å²) in [4.78, 5) is 12.9. The monoisotopic (exact) mass is 426 g/mol. The lowest BCUT2D eigenvalue weighted by molar-refractivity contribution is 0.102. The molecule has 4 N–H and O–H groups in total. The van der Waals surface area contributed by atoms with Gasteiger partial charge < -0.3 is 16.0 Å². The Morgan fingerprint density at radius 3 is 3.03 bits per heavy atom. The van der Waals surface area contributed by atoms with Gasteiger partial charge in [-0.2, -0.15) is 15.5 Å². The second-order valence-corrected chi connectivity index (χ2v) is 7.86. The largest absolute Gasteiger partial charge is 0.381 e. The van der Waals surface area contributed by atoms with Crippen molar-refractivity contribution in [1.82, 2.24) is 25.3 Å². The Labute approximate surface area is 184 Å². The number of rotatable bonds is 6. The normalized spacial score (nSPS) is 15.5. The Balaban J connectivity index is 1.30. The van der Waals surface area contributed by atoms with E-state index < -0.39 is 0 Å². The molecule has 1 saturated heterocycles. The van der Waals surface area contributed by atoms with Crippen molar-refractivity contribution in [3.05, 3.63) is 71.7 Å². The highest BCUT2D eigenvalue weighted by atomic mass is 16.2. The van der Waals surface area contributed by atoms with Crippen LogP contribution in [0.25, 0.3) is 10.9 Å². The minimum Gasteiger partial charge on any atom is -0.381 e. The van der Waals surface area contributed by atoms with Crippen molar-refractivity contribution < 1.29 is 4.79 Å². The third kappa shape index (κ3) is 4.17. The number of aromatic amines is 1. The topological polar surface area (TPSA) is 123 Å². The van der Waals surface area contributed by atoms with Gasteiger partial charge in [0.2, 0.25) is 0 Å². The van der Waals surface area contributed by atoms with Crippen molar-refractivity contribution in [2.45, 2.75) is 19.0 Å². The van der Waals surface area contributed by atoms with Gasteiger partial charge in [-0.05, 0) is 48.9 Å². The van der Waals surface area contributed by atoms with Crippen LogP contribution in [0.5, 0.6) is 0 Å². The average molecular weight is 426 g/mol. The first kappa shape index (κ1) is 19.8. The second-order valence-electron chi connectivity index (χ2n) is 7.86. The summed E-state index contributed by atoms with van der Waals surface area (Å²) in [6, 6.07) is 15.8. The zero-order valence-electron chi connectivity index (χ0n) is 17.3. The van der Waals surface area contributed by atoms with Gasteiger partial charge >= 0.3 is 0 Å². The van der Waals surface area contributed by atoms with Crippen LogP contribution in [0.4, 0.5) is 11.4 Å². The molecule has 0 aliphatic carbocycles. The predicted octanol–water partition coefficient (Wildman–Crippen LogP) is 2.71. The highest BCUT2D eigenvalue weighted by Crippen LogP contribution is 2.23. The van der Waals surface area contributed by atoms with E-state index in [9.17, 15) is 4.79 Å².